The molecule has 1 unspecified atom stereocenters. The van der Waals surface area contributed by atoms with Crippen molar-refractivity contribution in [3.63, 3.8) is 0 Å². The third-order valence-electron chi connectivity index (χ3n) is 6.21. The lowest BCUT2D eigenvalue weighted by Gasteiger charge is -2.37. The zero-order valence-corrected chi connectivity index (χ0v) is 18.9. The molecule has 1 fully saturated rings. The zero-order chi connectivity index (χ0) is 22.7. The van der Waals surface area contributed by atoms with Gasteiger partial charge in [-0.1, -0.05) is 6.92 Å². The molecule has 0 saturated carbocycles. The third-order valence-corrected chi connectivity index (χ3v) is 6.21. The van der Waals surface area contributed by atoms with Crippen LogP contribution in [0.1, 0.15) is 31.0 Å². The molecule has 2 aromatic carbocycles. The first-order valence-electron chi connectivity index (χ1n) is 11.1. The van der Waals surface area contributed by atoms with Crippen LogP contribution in [0.2, 0.25) is 0 Å². The number of benzene rings is 2. The van der Waals surface area contributed by atoms with E-state index < -0.39 is 0 Å². The quantitative estimate of drug-likeness (QED) is 0.600. The molecule has 2 heterocycles. The number of piperazine rings is 1. The van der Waals surface area contributed by atoms with Crippen LogP contribution in [0.5, 0.6) is 5.75 Å². The Morgan fingerprint density at radius 1 is 1.19 bits per heavy atom. The molecule has 0 bridgehead atoms. The van der Waals surface area contributed by atoms with Gasteiger partial charge in [0.2, 0.25) is 5.91 Å². The number of ether oxygens (including phenoxy) is 1. The molecule has 32 heavy (non-hydrogen) atoms. The fourth-order valence-electron chi connectivity index (χ4n) is 4.34. The van der Waals surface area contributed by atoms with Gasteiger partial charge in [-0.05, 0) is 43.8 Å². The molecule has 6 nitrogen and oxygen atoms in total. The van der Waals surface area contributed by atoms with Crippen molar-refractivity contribution in [3.05, 3.63) is 59.6 Å². The van der Waals surface area contributed by atoms with Gasteiger partial charge in [-0.15, -0.1) is 0 Å². The number of rotatable bonds is 7. The van der Waals surface area contributed by atoms with Crippen LogP contribution in [0.25, 0.3) is 11.0 Å². The van der Waals surface area contributed by atoms with Crippen molar-refractivity contribution in [2.45, 2.75) is 26.3 Å². The number of hydrogen-bond acceptors (Lipinski definition) is 5. The van der Waals surface area contributed by atoms with Gasteiger partial charge in [-0.3, -0.25) is 4.79 Å². The second-order valence-electron chi connectivity index (χ2n) is 8.21. The molecular weight excluding hydrogens is 409 g/mol. The molecule has 1 saturated heterocycles. The Hall–Kier alpha value is -3.06. The van der Waals surface area contributed by atoms with Gasteiger partial charge in [-0.2, -0.15) is 0 Å². The fraction of sp³-hybridized carbons (Fsp3) is 0.400. The molecule has 1 atom stereocenters. The van der Waals surface area contributed by atoms with Crippen LogP contribution in [0.3, 0.4) is 0 Å². The number of hydrogen-bond donors (Lipinski definition) is 1. The Balaban J connectivity index is 1.47. The van der Waals surface area contributed by atoms with Gasteiger partial charge in [0, 0.05) is 54.4 Å². The Morgan fingerprint density at radius 3 is 2.69 bits per heavy atom. The van der Waals surface area contributed by atoms with Gasteiger partial charge in [0.15, 0.2) is 0 Å². The summed E-state index contributed by atoms with van der Waals surface area (Å²) in [6, 6.07) is 10.1. The van der Waals surface area contributed by atoms with Crippen LogP contribution in [0, 0.1) is 5.82 Å². The van der Waals surface area contributed by atoms with Crippen LogP contribution < -0.4 is 15.0 Å². The number of halogens is 1. The van der Waals surface area contributed by atoms with Gasteiger partial charge < -0.3 is 24.3 Å². The molecule has 0 radical (unpaired) electrons. The molecule has 170 valence electrons. The maximum atomic E-state index is 14.1. The summed E-state index contributed by atoms with van der Waals surface area (Å²) in [4.78, 5) is 17.5. The number of amides is 1. The first kappa shape index (κ1) is 22.1. The van der Waals surface area contributed by atoms with Gasteiger partial charge >= 0.3 is 0 Å². The summed E-state index contributed by atoms with van der Waals surface area (Å²) in [6.45, 7) is 8.83. The molecule has 1 aromatic heterocycles. The monoisotopic (exact) mass is 439 g/mol. The predicted molar refractivity (Wildman–Crippen MR) is 124 cm³/mol. The standard InChI is InChI=1S/C25H30FN3O3/c1-4-28-9-11-29(12-10-28)23-8-5-19(26)14-22(23)17(2)27-25(30)13-18-16-32-24-15-20(31-3)6-7-21(18)24/h5-8,14-17H,4,9-13H2,1-3H3,(H,27,30). The topological polar surface area (TPSA) is 58.0 Å². The van der Waals surface area contributed by atoms with Crippen molar-refractivity contribution < 1.29 is 18.3 Å². The van der Waals surface area contributed by atoms with E-state index in [-0.39, 0.29) is 24.2 Å². The van der Waals surface area contributed by atoms with E-state index in [9.17, 15) is 9.18 Å². The minimum absolute atomic E-state index is 0.137. The van der Waals surface area contributed by atoms with Crippen molar-refractivity contribution in [1.82, 2.24) is 10.2 Å². The third kappa shape index (κ3) is 4.72. The number of nitrogens with one attached hydrogen (secondary N) is 1. The normalized spacial score (nSPS) is 15.7. The van der Waals surface area contributed by atoms with Crippen LogP contribution in [0.15, 0.2) is 47.1 Å². The highest BCUT2D eigenvalue weighted by molar-refractivity contribution is 5.88. The van der Waals surface area contributed by atoms with Crippen LogP contribution in [0.4, 0.5) is 10.1 Å². The molecule has 3 aromatic rings. The number of carbonyl (C=O) groups is 1. The van der Waals surface area contributed by atoms with Crippen molar-refractivity contribution in [2.75, 3.05) is 44.7 Å². The number of fused-ring (bicyclic) bond motifs is 1. The number of anilines is 1. The second kappa shape index (κ2) is 9.61. The predicted octanol–water partition coefficient (Wildman–Crippen LogP) is 4.14. The molecule has 4 rings (SSSR count). The number of nitrogens with zero attached hydrogens (tertiary/aromatic N) is 2. The van der Waals surface area contributed by atoms with E-state index in [0.29, 0.717) is 11.3 Å². The average Bonchev–Trinajstić information content (AvgIpc) is 3.20. The molecule has 7 heteroatoms. The molecular formula is C25H30FN3O3. The molecule has 1 amide bonds. The minimum Gasteiger partial charge on any atom is -0.497 e. The van der Waals surface area contributed by atoms with Crippen LogP contribution in [-0.2, 0) is 11.2 Å². The number of furan rings is 1. The lowest BCUT2D eigenvalue weighted by molar-refractivity contribution is -0.121. The highest BCUT2D eigenvalue weighted by Crippen LogP contribution is 2.29. The van der Waals surface area contributed by atoms with Gasteiger partial charge in [-0.25, -0.2) is 4.39 Å². The average molecular weight is 440 g/mol. The SMILES string of the molecule is CCN1CCN(c2ccc(F)cc2C(C)NC(=O)Cc2coc3cc(OC)ccc23)CC1. The van der Waals surface area contributed by atoms with Crippen LogP contribution >= 0.6 is 0 Å². The Kier molecular flexibility index (Phi) is 6.65. The van der Waals surface area contributed by atoms with Crippen LogP contribution in [-0.4, -0.2) is 50.6 Å². The minimum atomic E-state index is -0.323. The summed E-state index contributed by atoms with van der Waals surface area (Å²) in [5.74, 6) is 0.267. The summed E-state index contributed by atoms with van der Waals surface area (Å²) in [5, 5.41) is 3.92. The molecule has 0 spiro atoms. The van der Waals surface area contributed by atoms with E-state index in [4.69, 9.17) is 9.15 Å². The fourth-order valence-corrected chi connectivity index (χ4v) is 4.34. The van der Waals surface area contributed by atoms with E-state index >= 15 is 0 Å². The van der Waals surface area contributed by atoms with E-state index in [1.807, 2.05) is 25.1 Å². The van der Waals surface area contributed by atoms with Gasteiger partial charge in [0.1, 0.15) is 17.1 Å². The highest BCUT2D eigenvalue weighted by atomic mass is 19.1. The summed E-state index contributed by atoms with van der Waals surface area (Å²) >= 11 is 0. The number of likely N-dealkylation sites (N-methyl/N-ethyl adjacent to an activating group) is 1. The summed E-state index contributed by atoms with van der Waals surface area (Å²) in [5.41, 5.74) is 3.27. The largest absolute Gasteiger partial charge is 0.497 e. The van der Waals surface area contributed by atoms with Gasteiger partial charge in [0.05, 0.1) is 25.8 Å². The number of carbonyl (C=O) groups excluding carboxylic acids is 1. The molecule has 1 aliphatic heterocycles. The van der Waals surface area contributed by atoms with Crippen molar-refractivity contribution in [2.24, 2.45) is 0 Å². The summed E-state index contributed by atoms with van der Waals surface area (Å²) < 4.78 is 24.9. The zero-order valence-electron chi connectivity index (χ0n) is 18.9. The highest BCUT2D eigenvalue weighted by Gasteiger charge is 2.22. The molecule has 0 aliphatic carbocycles. The van der Waals surface area contributed by atoms with Crippen molar-refractivity contribution >= 4 is 22.6 Å². The lowest BCUT2D eigenvalue weighted by atomic mass is 10.0. The smallest absolute Gasteiger partial charge is 0.225 e. The first-order valence-corrected chi connectivity index (χ1v) is 11.1. The Morgan fingerprint density at radius 2 is 1.97 bits per heavy atom. The van der Waals surface area contributed by atoms with Crippen molar-refractivity contribution in [1.29, 1.82) is 0 Å². The maximum Gasteiger partial charge on any atom is 0.225 e. The second-order valence-corrected chi connectivity index (χ2v) is 8.21. The molecule has 1 N–H and O–H groups in total. The van der Waals surface area contributed by atoms with E-state index in [2.05, 4.69) is 22.0 Å². The van der Waals surface area contributed by atoms with Gasteiger partial charge in [0.25, 0.3) is 0 Å². The lowest BCUT2D eigenvalue weighted by Crippen LogP contribution is -2.46. The van der Waals surface area contributed by atoms with E-state index in [0.717, 1.165) is 54.9 Å². The Bertz CT molecular complexity index is 1090. The maximum absolute atomic E-state index is 14.1. The summed E-state index contributed by atoms with van der Waals surface area (Å²) in [7, 11) is 1.60. The first-order chi connectivity index (χ1) is 15.5. The molecule has 1 aliphatic rings. The van der Waals surface area contributed by atoms with E-state index in [1.165, 1.54) is 12.1 Å². The van der Waals surface area contributed by atoms with E-state index in [1.54, 1.807) is 19.4 Å². The number of methoxy groups -OCH3 is 1. The van der Waals surface area contributed by atoms with Crippen molar-refractivity contribution in [3.8, 4) is 5.75 Å². The summed E-state index contributed by atoms with van der Waals surface area (Å²) in [6.07, 6.45) is 1.79. The Labute approximate surface area is 187 Å².